The number of fused-ring (bicyclic) bond motifs is 2. The molecular weight excluding hydrogens is 198 g/mol. The fourth-order valence-corrected chi connectivity index (χ4v) is 3.43. The molecule has 1 aliphatic heterocycles. The maximum Gasteiger partial charge on any atom is 0.0654 e. The highest BCUT2D eigenvalue weighted by Crippen LogP contribution is 2.35. The Balaban J connectivity index is 1.87. The van der Waals surface area contributed by atoms with Gasteiger partial charge in [0.1, 0.15) is 0 Å². The third kappa shape index (κ3) is 1.58. The number of rotatable bonds is 1. The number of hydrogen-bond donors (Lipinski definition) is 1. The number of piperidine rings is 1. The lowest BCUT2D eigenvalue weighted by atomic mass is 9.74. The van der Waals surface area contributed by atoms with Crippen LogP contribution in [0, 0.1) is 11.8 Å². The van der Waals surface area contributed by atoms with Crippen LogP contribution in [0.1, 0.15) is 30.3 Å². The topological polar surface area (TPSA) is 31.9 Å². The fraction of sp³-hybridized carbons (Fsp3) is 0.769. The minimum absolute atomic E-state index is 0.870. The van der Waals surface area contributed by atoms with Crippen molar-refractivity contribution >= 4 is 0 Å². The van der Waals surface area contributed by atoms with Gasteiger partial charge in [-0.05, 0) is 56.7 Å². The van der Waals surface area contributed by atoms with Crippen LogP contribution < -0.4 is 0 Å². The average Bonchev–Trinajstić information content (AvgIpc) is 2.68. The van der Waals surface area contributed by atoms with Gasteiger partial charge in [-0.2, -0.15) is 5.10 Å². The van der Waals surface area contributed by atoms with Crippen molar-refractivity contribution in [2.24, 2.45) is 11.8 Å². The van der Waals surface area contributed by atoms with Gasteiger partial charge in [0.15, 0.2) is 0 Å². The Labute approximate surface area is 97.2 Å². The van der Waals surface area contributed by atoms with E-state index >= 15 is 0 Å². The van der Waals surface area contributed by atoms with Gasteiger partial charge < -0.3 is 4.90 Å². The van der Waals surface area contributed by atoms with E-state index < -0.39 is 0 Å². The number of nitrogens with one attached hydrogen (secondary N) is 1. The summed E-state index contributed by atoms with van der Waals surface area (Å²) in [5, 5.41) is 7.71. The lowest BCUT2D eigenvalue weighted by molar-refractivity contribution is 0.133. The lowest BCUT2D eigenvalue weighted by Crippen LogP contribution is -2.41. The highest BCUT2D eigenvalue weighted by molar-refractivity contribution is 5.29. The zero-order valence-corrected chi connectivity index (χ0v) is 10.3. The highest BCUT2D eigenvalue weighted by atomic mass is 15.1. The van der Waals surface area contributed by atoms with Crippen LogP contribution in [0.15, 0.2) is 0 Å². The first kappa shape index (κ1) is 10.3. The van der Waals surface area contributed by atoms with Crippen molar-refractivity contribution in [2.45, 2.75) is 32.6 Å². The van der Waals surface area contributed by atoms with E-state index in [0.717, 1.165) is 18.3 Å². The van der Waals surface area contributed by atoms with Crippen LogP contribution in [0.2, 0.25) is 0 Å². The van der Waals surface area contributed by atoms with Crippen LogP contribution in [0.4, 0.5) is 0 Å². The third-order valence-electron chi connectivity index (χ3n) is 4.40. The summed E-state index contributed by atoms with van der Waals surface area (Å²) in [5.74, 6) is 1.77. The maximum absolute atomic E-state index is 4.45. The monoisotopic (exact) mass is 219 g/mol. The van der Waals surface area contributed by atoms with Gasteiger partial charge in [-0.1, -0.05) is 6.92 Å². The molecule has 3 nitrogen and oxygen atoms in total. The summed E-state index contributed by atoms with van der Waals surface area (Å²) in [7, 11) is 2.25. The summed E-state index contributed by atoms with van der Waals surface area (Å²) in [6.07, 6.45) is 4.92. The van der Waals surface area contributed by atoms with Gasteiger partial charge in [0, 0.05) is 12.2 Å². The standard InChI is InChI=1S/C13H21N3/c1-3-12-11-6-10-8-16(2)5-4-9(10)7-13(11)15-14-12/h9-10H,3-8H2,1-2H3,(H,14,15). The molecule has 88 valence electrons. The predicted octanol–water partition coefficient (Wildman–Crippen LogP) is 1.64. The Bertz CT molecular complexity index is 383. The Morgan fingerprint density at radius 1 is 1.38 bits per heavy atom. The first-order valence-electron chi connectivity index (χ1n) is 6.51. The van der Waals surface area contributed by atoms with Crippen LogP contribution >= 0.6 is 0 Å². The van der Waals surface area contributed by atoms with Gasteiger partial charge in [0.25, 0.3) is 0 Å². The molecule has 0 aromatic carbocycles. The van der Waals surface area contributed by atoms with Crippen molar-refractivity contribution in [3.63, 3.8) is 0 Å². The maximum atomic E-state index is 4.45. The molecule has 1 N–H and O–H groups in total. The van der Waals surface area contributed by atoms with Gasteiger partial charge >= 0.3 is 0 Å². The van der Waals surface area contributed by atoms with Crippen molar-refractivity contribution in [1.82, 2.24) is 15.1 Å². The zero-order chi connectivity index (χ0) is 11.1. The van der Waals surface area contributed by atoms with Crippen LogP contribution in [-0.4, -0.2) is 35.2 Å². The number of hydrogen-bond acceptors (Lipinski definition) is 2. The Hall–Kier alpha value is -0.830. The zero-order valence-electron chi connectivity index (χ0n) is 10.3. The normalized spacial score (nSPS) is 29.9. The largest absolute Gasteiger partial charge is 0.306 e. The first-order valence-corrected chi connectivity index (χ1v) is 6.51. The summed E-state index contributed by atoms with van der Waals surface area (Å²) in [4.78, 5) is 2.48. The van der Waals surface area contributed by atoms with E-state index in [-0.39, 0.29) is 0 Å². The molecule has 2 unspecified atom stereocenters. The molecule has 0 bridgehead atoms. The molecular formula is C13H21N3. The van der Waals surface area contributed by atoms with Crippen LogP contribution in [0.25, 0.3) is 0 Å². The minimum Gasteiger partial charge on any atom is -0.306 e. The second-order valence-electron chi connectivity index (χ2n) is 5.46. The summed E-state index contributed by atoms with van der Waals surface area (Å²) < 4.78 is 0. The quantitative estimate of drug-likeness (QED) is 0.778. The molecule has 1 aliphatic carbocycles. The highest BCUT2D eigenvalue weighted by Gasteiger charge is 2.34. The van der Waals surface area contributed by atoms with Crippen molar-refractivity contribution in [1.29, 1.82) is 0 Å². The summed E-state index contributed by atoms with van der Waals surface area (Å²) in [6, 6.07) is 0. The number of aryl methyl sites for hydroxylation is 1. The Morgan fingerprint density at radius 2 is 2.25 bits per heavy atom. The molecule has 2 heterocycles. The molecule has 1 aromatic heterocycles. The molecule has 1 saturated heterocycles. The second kappa shape index (κ2) is 3.88. The minimum atomic E-state index is 0.870. The molecule has 0 amide bonds. The van der Waals surface area contributed by atoms with Crippen molar-refractivity contribution in [3.8, 4) is 0 Å². The predicted molar refractivity (Wildman–Crippen MR) is 64.5 cm³/mol. The van der Waals surface area contributed by atoms with E-state index in [0.29, 0.717) is 0 Å². The van der Waals surface area contributed by atoms with E-state index in [4.69, 9.17) is 0 Å². The summed E-state index contributed by atoms with van der Waals surface area (Å²) in [6.45, 7) is 4.75. The molecule has 2 atom stereocenters. The van der Waals surface area contributed by atoms with E-state index in [2.05, 4.69) is 29.1 Å². The van der Waals surface area contributed by atoms with Gasteiger partial charge in [-0.25, -0.2) is 0 Å². The van der Waals surface area contributed by atoms with Crippen molar-refractivity contribution in [3.05, 3.63) is 17.0 Å². The average molecular weight is 219 g/mol. The van der Waals surface area contributed by atoms with Crippen molar-refractivity contribution in [2.75, 3.05) is 20.1 Å². The Morgan fingerprint density at radius 3 is 3.06 bits per heavy atom. The molecule has 1 aromatic rings. The second-order valence-corrected chi connectivity index (χ2v) is 5.46. The molecule has 3 heteroatoms. The van der Waals surface area contributed by atoms with Gasteiger partial charge in [-0.3, -0.25) is 5.10 Å². The number of aromatic nitrogens is 2. The van der Waals surface area contributed by atoms with E-state index in [1.807, 2.05) is 0 Å². The van der Waals surface area contributed by atoms with Gasteiger partial charge in [-0.15, -0.1) is 0 Å². The smallest absolute Gasteiger partial charge is 0.0654 e. The van der Waals surface area contributed by atoms with Gasteiger partial charge in [0.05, 0.1) is 5.69 Å². The summed E-state index contributed by atoms with van der Waals surface area (Å²) >= 11 is 0. The molecule has 0 spiro atoms. The molecule has 3 rings (SSSR count). The third-order valence-corrected chi connectivity index (χ3v) is 4.40. The first-order chi connectivity index (χ1) is 7.78. The van der Waals surface area contributed by atoms with Crippen LogP contribution in [0.3, 0.4) is 0 Å². The number of aromatic amines is 1. The summed E-state index contributed by atoms with van der Waals surface area (Å²) in [5.41, 5.74) is 4.28. The van der Waals surface area contributed by atoms with E-state index in [9.17, 15) is 0 Å². The SMILES string of the molecule is CCc1n[nH]c2c1CC1CN(C)CCC1C2. The molecule has 16 heavy (non-hydrogen) atoms. The molecule has 2 aliphatic rings. The fourth-order valence-electron chi connectivity index (χ4n) is 3.43. The van der Waals surface area contributed by atoms with Crippen LogP contribution in [0.5, 0.6) is 0 Å². The van der Waals surface area contributed by atoms with Crippen molar-refractivity contribution < 1.29 is 0 Å². The van der Waals surface area contributed by atoms with E-state index in [1.54, 1.807) is 5.56 Å². The Kier molecular flexibility index (Phi) is 2.51. The molecule has 0 radical (unpaired) electrons. The van der Waals surface area contributed by atoms with E-state index in [1.165, 1.54) is 43.7 Å². The number of nitrogens with zero attached hydrogens (tertiary/aromatic N) is 2. The molecule has 1 fully saturated rings. The number of likely N-dealkylation sites (tertiary alicyclic amines) is 1. The lowest BCUT2D eigenvalue weighted by Gasteiger charge is -2.39. The number of H-pyrrole nitrogens is 1. The van der Waals surface area contributed by atoms with Crippen LogP contribution in [-0.2, 0) is 19.3 Å². The molecule has 0 saturated carbocycles. The van der Waals surface area contributed by atoms with Gasteiger partial charge in [0.2, 0.25) is 0 Å².